The molecule has 1 saturated carbocycles. The summed E-state index contributed by atoms with van der Waals surface area (Å²) in [5.74, 6) is 1.74. The Labute approximate surface area is 98.3 Å². The molecule has 1 N–H and O–H groups in total. The number of benzene rings is 1. The minimum Gasteiger partial charge on any atom is -0.384 e. The number of aryl methyl sites for hydroxylation is 1. The topological polar surface area (TPSA) is 12.0 Å². The average molecular weight is 215 g/mol. The van der Waals surface area contributed by atoms with Crippen molar-refractivity contribution in [3.63, 3.8) is 0 Å². The summed E-state index contributed by atoms with van der Waals surface area (Å²) in [4.78, 5) is 0. The van der Waals surface area contributed by atoms with Gasteiger partial charge in [-0.3, -0.25) is 0 Å². The van der Waals surface area contributed by atoms with Gasteiger partial charge in [-0.25, -0.2) is 0 Å². The van der Waals surface area contributed by atoms with Crippen LogP contribution in [0.25, 0.3) is 0 Å². The zero-order chi connectivity index (χ0) is 11.0. The smallest absolute Gasteiger partial charge is 0.0379 e. The van der Waals surface area contributed by atoms with Gasteiger partial charge in [-0.15, -0.1) is 0 Å². The highest BCUT2D eigenvalue weighted by molar-refractivity contribution is 5.59. The van der Waals surface area contributed by atoms with Crippen LogP contribution in [0.5, 0.6) is 0 Å². The lowest BCUT2D eigenvalue weighted by molar-refractivity contribution is 0.460. The predicted molar refractivity (Wildman–Crippen MR) is 69.0 cm³/mol. The Balaban J connectivity index is 1.87. The van der Waals surface area contributed by atoms with Crippen LogP contribution in [0.4, 0.5) is 5.69 Å². The van der Waals surface area contributed by atoms with Crippen molar-refractivity contribution in [1.82, 2.24) is 0 Å². The zero-order valence-corrected chi connectivity index (χ0v) is 10.1. The molecule has 1 atom stereocenters. The molecule has 0 bridgehead atoms. The van der Waals surface area contributed by atoms with E-state index in [9.17, 15) is 0 Å². The van der Waals surface area contributed by atoms with Crippen molar-refractivity contribution in [2.45, 2.75) is 44.9 Å². The predicted octanol–water partition coefficient (Wildman–Crippen LogP) is 3.95. The molecule has 16 heavy (non-hydrogen) atoms. The molecule has 1 fully saturated rings. The van der Waals surface area contributed by atoms with E-state index in [1.54, 1.807) is 5.56 Å². The molecule has 1 aromatic rings. The van der Waals surface area contributed by atoms with Crippen LogP contribution < -0.4 is 5.32 Å². The van der Waals surface area contributed by atoms with Gasteiger partial charge in [-0.2, -0.15) is 0 Å². The van der Waals surface area contributed by atoms with E-state index in [1.165, 1.54) is 43.5 Å². The molecule has 1 nitrogen and oxygen atoms in total. The summed E-state index contributed by atoms with van der Waals surface area (Å²) in [5, 5.41) is 3.60. The van der Waals surface area contributed by atoms with Crippen molar-refractivity contribution in [1.29, 1.82) is 0 Å². The summed E-state index contributed by atoms with van der Waals surface area (Å²) in [6.07, 6.45) is 6.93. The average Bonchev–Trinajstić information content (AvgIpc) is 2.96. The third kappa shape index (κ3) is 1.63. The third-order valence-corrected chi connectivity index (χ3v) is 4.41. The first kappa shape index (κ1) is 10.2. The summed E-state index contributed by atoms with van der Waals surface area (Å²) in [5.41, 5.74) is 4.46. The van der Waals surface area contributed by atoms with E-state index < -0.39 is 0 Å². The van der Waals surface area contributed by atoms with Gasteiger partial charge in [0.2, 0.25) is 0 Å². The third-order valence-electron chi connectivity index (χ3n) is 4.41. The molecule has 1 unspecified atom stereocenters. The highest BCUT2D eigenvalue weighted by Crippen LogP contribution is 2.43. The molecule has 3 rings (SSSR count). The molecule has 0 amide bonds. The second-order valence-corrected chi connectivity index (χ2v) is 5.31. The maximum atomic E-state index is 3.60. The molecule has 1 aliphatic heterocycles. The van der Waals surface area contributed by atoms with Crippen LogP contribution >= 0.6 is 0 Å². The molecule has 0 radical (unpaired) electrons. The molecule has 0 spiro atoms. The van der Waals surface area contributed by atoms with Crippen molar-refractivity contribution in [3.05, 3.63) is 29.3 Å². The van der Waals surface area contributed by atoms with Gasteiger partial charge < -0.3 is 5.32 Å². The molecule has 0 aromatic heterocycles. The number of nitrogens with one attached hydrogen (secondary N) is 1. The van der Waals surface area contributed by atoms with Crippen LogP contribution in [0.3, 0.4) is 0 Å². The fourth-order valence-electron chi connectivity index (χ4n) is 3.41. The van der Waals surface area contributed by atoms with Crippen LogP contribution in [0.1, 0.15) is 49.7 Å². The minimum atomic E-state index is 0.795. The fourth-order valence-corrected chi connectivity index (χ4v) is 3.41. The maximum Gasteiger partial charge on any atom is 0.0379 e. The second kappa shape index (κ2) is 4.12. The van der Waals surface area contributed by atoms with Crippen molar-refractivity contribution >= 4 is 5.69 Å². The van der Waals surface area contributed by atoms with Crippen LogP contribution in [0.2, 0.25) is 0 Å². The van der Waals surface area contributed by atoms with E-state index >= 15 is 0 Å². The summed E-state index contributed by atoms with van der Waals surface area (Å²) in [6, 6.07) is 7.04. The standard InChI is InChI=1S/C15H21N/c1-2-11-7-8-13-14(10-16-15(13)9-11)12-5-3-4-6-12/h7-9,12,14,16H,2-6,10H2,1H3. The molecule has 2 aliphatic rings. The molecular formula is C15H21N. The number of rotatable bonds is 2. The maximum absolute atomic E-state index is 3.60. The summed E-state index contributed by atoms with van der Waals surface area (Å²) in [7, 11) is 0. The van der Waals surface area contributed by atoms with E-state index in [0.717, 1.165) is 18.3 Å². The highest BCUT2D eigenvalue weighted by Gasteiger charge is 2.31. The number of hydrogen-bond donors (Lipinski definition) is 1. The fraction of sp³-hybridized carbons (Fsp3) is 0.600. The molecule has 0 saturated heterocycles. The molecule has 86 valence electrons. The van der Waals surface area contributed by atoms with Gasteiger partial charge in [0.25, 0.3) is 0 Å². The lowest BCUT2D eigenvalue weighted by Gasteiger charge is -2.17. The number of anilines is 1. The monoisotopic (exact) mass is 215 g/mol. The van der Waals surface area contributed by atoms with Gasteiger partial charge in [0.1, 0.15) is 0 Å². The van der Waals surface area contributed by atoms with E-state index in [0.29, 0.717) is 0 Å². The Kier molecular flexibility index (Phi) is 2.62. The SMILES string of the molecule is CCc1ccc2c(c1)NCC2C1CCCC1. The van der Waals surface area contributed by atoms with Crippen LogP contribution in [0.15, 0.2) is 18.2 Å². The number of hydrogen-bond acceptors (Lipinski definition) is 1. The Morgan fingerprint density at radius 3 is 2.81 bits per heavy atom. The Morgan fingerprint density at radius 1 is 1.25 bits per heavy atom. The van der Waals surface area contributed by atoms with Crippen LogP contribution in [0, 0.1) is 5.92 Å². The quantitative estimate of drug-likeness (QED) is 0.787. The molecule has 1 aliphatic carbocycles. The molecular weight excluding hydrogens is 194 g/mol. The first-order valence-electron chi connectivity index (χ1n) is 6.75. The van der Waals surface area contributed by atoms with Crippen LogP contribution in [-0.2, 0) is 6.42 Å². The highest BCUT2D eigenvalue weighted by atomic mass is 14.9. The Bertz CT molecular complexity index is 377. The lowest BCUT2D eigenvalue weighted by atomic mass is 9.86. The summed E-state index contributed by atoms with van der Waals surface area (Å²) in [6.45, 7) is 3.40. The first-order chi connectivity index (χ1) is 7.88. The van der Waals surface area contributed by atoms with E-state index in [1.807, 2.05) is 0 Å². The van der Waals surface area contributed by atoms with Crippen molar-refractivity contribution in [2.75, 3.05) is 11.9 Å². The first-order valence-corrected chi connectivity index (χ1v) is 6.75. The molecule has 1 aromatic carbocycles. The largest absolute Gasteiger partial charge is 0.384 e. The van der Waals surface area contributed by atoms with E-state index in [4.69, 9.17) is 0 Å². The normalized spacial score (nSPS) is 24.4. The molecule has 1 heteroatoms. The minimum absolute atomic E-state index is 0.795. The second-order valence-electron chi connectivity index (χ2n) is 5.31. The van der Waals surface area contributed by atoms with Crippen molar-refractivity contribution in [2.24, 2.45) is 5.92 Å². The van der Waals surface area contributed by atoms with Crippen LogP contribution in [-0.4, -0.2) is 6.54 Å². The van der Waals surface area contributed by atoms with Gasteiger partial charge >= 0.3 is 0 Å². The van der Waals surface area contributed by atoms with Gasteiger partial charge in [-0.1, -0.05) is 31.9 Å². The number of fused-ring (bicyclic) bond motifs is 1. The Morgan fingerprint density at radius 2 is 2.06 bits per heavy atom. The van der Waals surface area contributed by atoms with Crippen molar-refractivity contribution in [3.8, 4) is 0 Å². The lowest BCUT2D eigenvalue weighted by Crippen LogP contribution is -2.11. The van der Waals surface area contributed by atoms with Gasteiger partial charge in [0, 0.05) is 18.2 Å². The zero-order valence-electron chi connectivity index (χ0n) is 10.1. The summed E-state index contributed by atoms with van der Waals surface area (Å²) >= 11 is 0. The van der Waals surface area contributed by atoms with E-state index in [2.05, 4.69) is 30.4 Å². The van der Waals surface area contributed by atoms with E-state index in [-0.39, 0.29) is 0 Å². The van der Waals surface area contributed by atoms with Gasteiger partial charge in [-0.05, 0) is 42.4 Å². The molecule has 1 heterocycles. The van der Waals surface area contributed by atoms with Crippen molar-refractivity contribution < 1.29 is 0 Å². The Hall–Kier alpha value is -0.980. The summed E-state index contributed by atoms with van der Waals surface area (Å²) < 4.78 is 0. The van der Waals surface area contributed by atoms with Gasteiger partial charge in [0.05, 0.1) is 0 Å². The van der Waals surface area contributed by atoms with Gasteiger partial charge in [0.15, 0.2) is 0 Å².